The maximum absolute atomic E-state index is 13.3. The highest BCUT2D eigenvalue weighted by Crippen LogP contribution is 2.58. The highest BCUT2D eigenvalue weighted by molar-refractivity contribution is 8.35. The van der Waals surface area contributed by atoms with Crippen LogP contribution >= 0.6 is 7.15 Å². The van der Waals surface area contributed by atoms with Crippen LogP contribution in [0.4, 0.5) is 5.82 Å². The van der Waals surface area contributed by atoms with Crippen molar-refractivity contribution in [2.24, 2.45) is 0 Å². The van der Waals surface area contributed by atoms with E-state index in [1.165, 1.54) is 30.3 Å². The van der Waals surface area contributed by atoms with Crippen molar-refractivity contribution in [3.05, 3.63) is 166 Å². The largest absolute Gasteiger partial charge is 0.858 e. The van der Waals surface area contributed by atoms with E-state index in [4.69, 9.17) is 54.5 Å². The number of methoxy groups -OCH3 is 2. The summed E-state index contributed by atoms with van der Waals surface area (Å²) in [4.78, 5) is 68.4. The SMILES string of the molecule is COc1ccc(C(OC[C@H]2O[C@@H](n3cc(C)c([O-])nc3=O)C[C@@H]2O[P+](O)([S-])OC[C@H]2O[C@@H](n3cnc4c(NC(=O)c5ccccc5)ncnc43)C[C@@H]2OC(=O)COC(C)C)(c2ccccc2)c2ccc(OC)cc2)cc1. The van der Waals surface area contributed by atoms with Crippen molar-refractivity contribution in [3.63, 3.8) is 0 Å². The van der Waals surface area contributed by atoms with Crippen molar-refractivity contribution in [1.29, 1.82) is 0 Å². The van der Waals surface area contributed by atoms with Gasteiger partial charge < -0.3 is 55.8 Å². The molecule has 76 heavy (non-hydrogen) atoms. The maximum Gasteiger partial charge on any atom is 0.349 e. The molecule has 0 aliphatic carbocycles. The predicted octanol–water partition coefficient (Wildman–Crippen LogP) is 6.27. The molecule has 23 heteroatoms. The quantitative estimate of drug-likeness (QED) is 0.0348. The maximum atomic E-state index is 13.3. The number of aryl methyl sites for hydroxylation is 1. The molecule has 2 saturated heterocycles. The normalized spacial score (nSPS) is 20.4. The summed E-state index contributed by atoms with van der Waals surface area (Å²) in [5.74, 6) is -0.351. The molecule has 2 N–H and O–H groups in total. The fourth-order valence-corrected chi connectivity index (χ4v) is 10.5. The number of amides is 1. The molecule has 3 aromatic heterocycles. The molecule has 0 radical (unpaired) electrons. The fourth-order valence-electron chi connectivity index (χ4n) is 9.05. The number of carbonyl (C=O) groups is 2. The third-order valence-electron chi connectivity index (χ3n) is 12.8. The second-order valence-electron chi connectivity index (χ2n) is 18.1. The van der Waals surface area contributed by atoms with Crippen LogP contribution < -0.4 is 25.6 Å². The number of carbonyl (C=O) groups excluding carboxylic acids is 2. The van der Waals surface area contributed by atoms with Crippen LogP contribution in [0.3, 0.4) is 0 Å². The van der Waals surface area contributed by atoms with Crippen molar-refractivity contribution >= 4 is 48.3 Å². The number of benzene rings is 4. The number of aromatic nitrogens is 6. The van der Waals surface area contributed by atoms with Crippen molar-refractivity contribution in [2.75, 3.05) is 39.4 Å². The Morgan fingerprint density at radius 1 is 0.829 bits per heavy atom. The minimum Gasteiger partial charge on any atom is -0.858 e. The van der Waals surface area contributed by atoms with Crippen LogP contribution in [0, 0.1) is 6.92 Å². The van der Waals surface area contributed by atoms with Crippen molar-refractivity contribution in [2.45, 2.75) is 82.2 Å². The van der Waals surface area contributed by atoms with Gasteiger partial charge in [-0.05, 0) is 85.3 Å². The molecule has 21 nitrogen and oxygen atoms in total. The summed E-state index contributed by atoms with van der Waals surface area (Å²) >= 11 is 5.70. The molecule has 0 bridgehead atoms. The van der Waals surface area contributed by atoms with Crippen molar-refractivity contribution < 1.29 is 61.8 Å². The smallest absolute Gasteiger partial charge is 0.349 e. The van der Waals surface area contributed by atoms with Gasteiger partial charge in [0.05, 0.1) is 33.3 Å². The van der Waals surface area contributed by atoms with Crippen LogP contribution in [-0.2, 0) is 55.4 Å². The Kier molecular flexibility index (Phi) is 16.7. The standard InChI is InChI=1S/C53H56N7O14PS/c1-32(2)68-29-46(61)73-40-24-45(60-31-56-47-48(54-30-55-49(47)60)57-51(63)34-12-8-6-9-13-34)72-43(40)28-70-75(65,76)74-41-25-44(59-26-33(3)50(62)58-52(59)64)71-42(41)27-69-53(35-14-10-7-11-15-35,36-16-20-38(66-4)21-17-36)37-18-22-39(67-5)23-19-37/h6-23,26,30-32,40-45H,24-25,27-29H2,1-5H3,(H,65,76)(H,58,62,64)(H,54,55,57,63)/p-1/t40-,41-,42+,43+,44+,45+,75?/m0/s1. The van der Waals surface area contributed by atoms with Gasteiger partial charge in [0.1, 0.15) is 73.5 Å². The molecular formula is C53H55N7O14PS-. The number of anilines is 1. The molecule has 9 rings (SSSR count). The van der Waals surface area contributed by atoms with Crippen LogP contribution in [0.25, 0.3) is 11.2 Å². The number of ether oxygens (including phenoxy) is 7. The van der Waals surface area contributed by atoms with Crippen LogP contribution in [0.5, 0.6) is 17.4 Å². The Bertz CT molecular complexity index is 3120. The first kappa shape index (κ1) is 54.0. The second-order valence-corrected chi connectivity index (χ2v) is 20.9. The fraction of sp³-hybridized carbons (Fsp3) is 0.340. The Morgan fingerprint density at radius 3 is 2.05 bits per heavy atom. The number of hydrogen-bond donors (Lipinski definition) is 2. The van der Waals surface area contributed by atoms with E-state index in [0.717, 1.165) is 16.7 Å². The zero-order valence-corrected chi connectivity index (χ0v) is 43.7. The van der Waals surface area contributed by atoms with Gasteiger partial charge in [0.2, 0.25) is 0 Å². The molecule has 1 amide bonds. The summed E-state index contributed by atoms with van der Waals surface area (Å²) in [6.45, 7) is 4.11. The second kappa shape index (κ2) is 23.6. The molecule has 2 aliphatic heterocycles. The summed E-state index contributed by atoms with van der Waals surface area (Å²) in [7, 11) is -1.14. The molecule has 2 fully saturated rings. The number of esters is 1. The first-order chi connectivity index (χ1) is 36.6. The lowest BCUT2D eigenvalue weighted by Gasteiger charge is -2.37. The van der Waals surface area contributed by atoms with Crippen LogP contribution in [0.15, 0.2) is 133 Å². The molecule has 0 saturated carbocycles. The molecule has 4 aromatic carbocycles. The minimum absolute atomic E-state index is 0.0690. The number of hydrogen-bond acceptors (Lipinski definition) is 19. The van der Waals surface area contributed by atoms with Gasteiger partial charge in [0, 0.05) is 24.6 Å². The number of nitrogens with one attached hydrogen (secondary N) is 1. The van der Waals surface area contributed by atoms with E-state index in [9.17, 15) is 24.4 Å². The Morgan fingerprint density at radius 2 is 1.42 bits per heavy atom. The van der Waals surface area contributed by atoms with Gasteiger partial charge in [-0.3, -0.25) is 13.9 Å². The van der Waals surface area contributed by atoms with E-state index in [0.29, 0.717) is 22.7 Å². The summed E-state index contributed by atoms with van der Waals surface area (Å²) in [5.41, 5.74) is 1.23. The van der Waals surface area contributed by atoms with Crippen molar-refractivity contribution in [1.82, 2.24) is 29.1 Å². The van der Waals surface area contributed by atoms with Gasteiger partial charge in [-0.1, -0.05) is 72.8 Å². The van der Waals surface area contributed by atoms with Gasteiger partial charge in [-0.2, -0.15) is 9.05 Å². The topological polar surface area (TPSA) is 251 Å². The van der Waals surface area contributed by atoms with E-state index in [1.54, 1.807) is 63.0 Å². The molecule has 1 unspecified atom stereocenters. The molecule has 398 valence electrons. The van der Waals surface area contributed by atoms with E-state index < -0.39 is 79.7 Å². The zero-order valence-electron chi connectivity index (χ0n) is 42.0. The van der Waals surface area contributed by atoms with Crippen LogP contribution in [-0.4, -0.2) is 110 Å². The molecular weight excluding hydrogens is 1020 g/mol. The van der Waals surface area contributed by atoms with E-state index in [-0.39, 0.29) is 49.1 Å². The van der Waals surface area contributed by atoms with E-state index in [2.05, 4.69) is 25.3 Å². The molecule has 7 aromatic rings. The van der Waals surface area contributed by atoms with Gasteiger partial charge in [0.25, 0.3) is 13.1 Å². The molecule has 5 heterocycles. The van der Waals surface area contributed by atoms with Gasteiger partial charge in [-0.15, -0.1) is 0 Å². The lowest BCUT2D eigenvalue weighted by atomic mass is 9.80. The summed E-state index contributed by atoms with van der Waals surface area (Å²) in [5, 5.41) is 15.2. The van der Waals surface area contributed by atoms with Gasteiger partial charge in [0.15, 0.2) is 17.0 Å². The lowest BCUT2D eigenvalue weighted by molar-refractivity contribution is -0.276. The number of nitrogens with zero attached hydrogens (tertiary/aromatic N) is 6. The lowest BCUT2D eigenvalue weighted by Crippen LogP contribution is -2.38. The highest BCUT2D eigenvalue weighted by atomic mass is 32.7. The Hall–Kier alpha value is -6.85. The molecule has 2 aliphatic rings. The van der Waals surface area contributed by atoms with E-state index >= 15 is 0 Å². The summed E-state index contributed by atoms with van der Waals surface area (Å²) in [6.07, 6.45) is -2.19. The van der Waals surface area contributed by atoms with E-state index in [1.807, 2.05) is 78.9 Å². The summed E-state index contributed by atoms with van der Waals surface area (Å²) in [6, 6.07) is 33.1. The molecule has 0 spiro atoms. The highest BCUT2D eigenvalue weighted by Gasteiger charge is 2.48. The summed E-state index contributed by atoms with van der Waals surface area (Å²) < 4.78 is 57.9. The Balaban J connectivity index is 0.990. The third-order valence-corrected chi connectivity index (χ3v) is 14.4. The van der Waals surface area contributed by atoms with Gasteiger partial charge in [-0.25, -0.2) is 34.4 Å². The predicted molar refractivity (Wildman–Crippen MR) is 276 cm³/mol. The minimum atomic E-state index is -4.29. The first-order valence-corrected chi connectivity index (χ1v) is 26.8. The zero-order chi connectivity index (χ0) is 53.6. The van der Waals surface area contributed by atoms with Crippen LogP contribution in [0.1, 0.15) is 71.8 Å². The van der Waals surface area contributed by atoms with Crippen LogP contribution in [0.2, 0.25) is 0 Å². The monoisotopic (exact) mass is 1080 g/mol. The van der Waals surface area contributed by atoms with Gasteiger partial charge >= 0.3 is 11.7 Å². The van der Waals surface area contributed by atoms with Crippen molar-refractivity contribution in [3.8, 4) is 17.4 Å². The number of imidazole rings is 1. The number of fused-ring (bicyclic) bond motifs is 1. The Labute approximate surface area is 442 Å². The molecule has 7 atom stereocenters. The first-order valence-electron chi connectivity index (χ1n) is 24.2. The average Bonchev–Trinajstić information content (AvgIpc) is 4.18. The number of rotatable bonds is 21. The average molecular weight is 1080 g/mol. The third kappa shape index (κ3) is 12.1.